The molecular weight excluding hydrogens is 212 g/mol. The van der Waals surface area contributed by atoms with Crippen molar-refractivity contribution in [1.29, 1.82) is 0 Å². The van der Waals surface area contributed by atoms with Gasteiger partial charge in [0.25, 0.3) is 0 Å². The normalized spacial score (nSPS) is 34.9. The van der Waals surface area contributed by atoms with Crippen molar-refractivity contribution in [2.75, 3.05) is 0 Å². The molecule has 2 aliphatic heterocycles. The van der Waals surface area contributed by atoms with Crippen molar-refractivity contribution in [3.8, 4) is 0 Å². The van der Waals surface area contributed by atoms with Gasteiger partial charge in [-0.3, -0.25) is 0 Å². The molecule has 4 atom stereocenters. The highest BCUT2D eigenvalue weighted by Gasteiger charge is 2.47. The molecule has 2 rings (SSSR count). The first-order chi connectivity index (χ1) is 8.35. The average molecular weight is 240 g/mol. The predicted octanol–water partition coefficient (Wildman–Crippen LogP) is 4.07. The number of epoxide rings is 2. The van der Waals surface area contributed by atoms with E-state index in [9.17, 15) is 0 Å². The van der Waals surface area contributed by atoms with Crippen LogP contribution in [0.15, 0.2) is 0 Å². The quantitative estimate of drug-likeness (QED) is 0.425. The molecule has 2 heteroatoms. The van der Waals surface area contributed by atoms with Crippen LogP contribution in [0.1, 0.15) is 71.6 Å². The largest absolute Gasteiger partial charge is 0.369 e. The molecule has 100 valence electrons. The Morgan fingerprint density at radius 3 is 1.53 bits per heavy atom. The van der Waals surface area contributed by atoms with Crippen LogP contribution in [0.2, 0.25) is 0 Å². The molecule has 17 heavy (non-hydrogen) atoms. The zero-order valence-corrected chi connectivity index (χ0v) is 11.5. The average Bonchev–Trinajstić information content (AvgIpc) is 3.21. The monoisotopic (exact) mass is 240 g/mol. The maximum Gasteiger partial charge on any atom is 0.0867 e. The minimum absolute atomic E-state index is 0.535. The lowest BCUT2D eigenvalue weighted by Gasteiger charge is -1.95. The van der Waals surface area contributed by atoms with Gasteiger partial charge >= 0.3 is 0 Å². The molecular formula is C15H28O2. The molecule has 0 aromatic carbocycles. The number of ether oxygens (including phenoxy) is 2. The zero-order valence-electron chi connectivity index (χ0n) is 11.5. The van der Waals surface area contributed by atoms with E-state index >= 15 is 0 Å². The van der Waals surface area contributed by atoms with E-state index in [2.05, 4.69) is 13.8 Å². The molecule has 0 amide bonds. The number of unbranched alkanes of at least 4 members (excludes halogenated alkanes) is 4. The van der Waals surface area contributed by atoms with Gasteiger partial charge in [-0.25, -0.2) is 0 Å². The Bertz CT molecular complexity index is 195. The number of rotatable bonds is 10. The van der Waals surface area contributed by atoms with Crippen molar-refractivity contribution >= 4 is 0 Å². The van der Waals surface area contributed by atoms with E-state index in [1.54, 1.807) is 0 Å². The Balaban J connectivity index is 1.45. The van der Waals surface area contributed by atoms with Gasteiger partial charge in [0, 0.05) is 6.42 Å². The Hall–Kier alpha value is -0.0800. The van der Waals surface area contributed by atoms with Gasteiger partial charge in [0.1, 0.15) is 0 Å². The van der Waals surface area contributed by atoms with Gasteiger partial charge in [-0.2, -0.15) is 0 Å². The van der Waals surface area contributed by atoms with Crippen LogP contribution in [0.5, 0.6) is 0 Å². The summed E-state index contributed by atoms with van der Waals surface area (Å²) in [5.41, 5.74) is 0. The summed E-state index contributed by atoms with van der Waals surface area (Å²) in [4.78, 5) is 0. The highest BCUT2D eigenvalue weighted by molar-refractivity contribution is 4.94. The van der Waals surface area contributed by atoms with Gasteiger partial charge in [0.05, 0.1) is 24.4 Å². The summed E-state index contributed by atoms with van der Waals surface area (Å²) in [6.45, 7) is 4.51. The number of hydrogen-bond donors (Lipinski definition) is 0. The van der Waals surface area contributed by atoms with E-state index in [1.807, 2.05) is 0 Å². The van der Waals surface area contributed by atoms with Gasteiger partial charge < -0.3 is 9.47 Å². The molecule has 2 fully saturated rings. The molecule has 0 unspecified atom stereocenters. The smallest absolute Gasteiger partial charge is 0.0867 e. The SMILES string of the molecule is CCCCC[C@H]1O[C@H]1C[C@H]1O[C@@H]1CCCCC. The highest BCUT2D eigenvalue weighted by atomic mass is 16.6. The summed E-state index contributed by atoms with van der Waals surface area (Å²) < 4.78 is 11.4. The lowest BCUT2D eigenvalue weighted by Crippen LogP contribution is -2.02. The van der Waals surface area contributed by atoms with Gasteiger partial charge in [0.2, 0.25) is 0 Å². The maximum atomic E-state index is 5.71. The van der Waals surface area contributed by atoms with Crippen LogP contribution >= 0.6 is 0 Å². The molecule has 0 saturated carbocycles. The lowest BCUT2D eigenvalue weighted by atomic mass is 10.1. The van der Waals surface area contributed by atoms with Crippen LogP contribution in [0, 0.1) is 0 Å². The van der Waals surface area contributed by atoms with Gasteiger partial charge in [0.15, 0.2) is 0 Å². The first-order valence-corrected chi connectivity index (χ1v) is 7.66. The van der Waals surface area contributed by atoms with E-state index in [0.29, 0.717) is 24.4 Å². The minimum atomic E-state index is 0.535. The Morgan fingerprint density at radius 2 is 1.12 bits per heavy atom. The molecule has 0 radical (unpaired) electrons. The number of hydrogen-bond acceptors (Lipinski definition) is 2. The van der Waals surface area contributed by atoms with Gasteiger partial charge in [-0.05, 0) is 12.8 Å². The Morgan fingerprint density at radius 1 is 0.647 bits per heavy atom. The van der Waals surface area contributed by atoms with E-state index in [0.717, 1.165) is 6.42 Å². The van der Waals surface area contributed by atoms with E-state index in [4.69, 9.17) is 9.47 Å². The van der Waals surface area contributed by atoms with Crippen LogP contribution in [0.4, 0.5) is 0 Å². The molecule has 2 saturated heterocycles. The van der Waals surface area contributed by atoms with Crippen molar-refractivity contribution in [3.05, 3.63) is 0 Å². The van der Waals surface area contributed by atoms with Crippen molar-refractivity contribution < 1.29 is 9.47 Å². The maximum absolute atomic E-state index is 5.71. The van der Waals surface area contributed by atoms with Crippen molar-refractivity contribution in [1.82, 2.24) is 0 Å². The zero-order chi connectivity index (χ0) is 12.1. The van der Waals surface area contributed by atoms with Gasteiger partial charge in [-0.1, -0.05) is 52.4 Å². The van der Waals surface area contributed by atoms with Crippen LogP contribution in [0.25, 0.3) is 0 Å². The molecule has 2 aliphatic rings. The van der Waals surface area contributed by atoms with Crippen molar-refractivity contribution in [2.45, 2.75) is 96.1 Å². The summed E-state index contributed by atoms with van der Waals surface area (Å²) in [5, 5.41) is 0. The first-order valence-electron chi connectivity index (χ1n) is 7.66. The Kier molecular flexibility index (Phi) is 5.30. The first kappa shape index (κ1) is 13.4. The summed E-state index contributed by atoms with van der Waals surface area (Å²) in [7, 11) is 0. The fourth-order valence-corrected chi connectivity index (χ4v) is 2.70. The third-order valence-electron chi connectivity index (χ3n) is 4.02. The van der Waals surface area contributed by atoms with Crippen LogP contribution < -0.4 is 0 Å². The standard InChI is InChI=1S/C15H28O2/c1-3-5-7-9-12-14(16-12)11-15-13(17-15)10-8-6-4-2/h12-15H,3-11H2,1-2H3/t12-,13-,14-,15+/m1/s1. The van der Waals surface area contributed by atoms with E-state index in [1.165, 1.54) is 51.4 Å². The predicted molar refractivity (Wildman–Crippen MR) is 70.2 cm³/mol. The second kappa shape index (κ2) is 6.75. The molecule has 0 N–H and O–H groups in total. The molecule has 0 spiro atoms. The fourth-order valence-electron chi connectivity index (χ4n) is 2.70. The third kappa shape index (κ3) is 4.59. The molecule has 0 aliphatic carbocycles. The van der Waals surface area contributed by atoms with Crippen molar-refractivity contribution in [3.63, 3.8) is 0 Å². The summed E-state index contributed by atoms with van der Waals surface area (Å²) in [6.07, 6.45) is 13.9. The molecule has 0 aromatic rings. The summed E-state index contributed by atoms with van der Waals surface area (Å²) in [6, 6.07) is 0. The van der Waals surface area contributed by atoms with E-state index in [-0.39, 0.29) is 0 Å². The second-order valence-electron chi connectivity index (χ2n) is 5.65. The van der Waals surface area contributed by atoms with Crippen LogP contribution in [-0.2, 0) is 9.47 Å². The summed E-state index contributed by atoms with van der Waals surface area (Å²) in [5.74, 6) is 0. The molecule has 0 aromatic heterocycles. The summed E-state index contributed by atoms with van der Waals surface area (Å²) >= 11 is 0. The van der Waals surface area contributed by atoms with Crippen molar-refractivity contribution in [2.24, 2.45) is 0 Å². The third-order valence-corrected chi connectivity index (χ3v) is 4.02. The topological polar surface area (TPSA) is 25.1 Å². The fraction of sp³-hybridized carbons (Fsp3) is 1.00. The molecule has 2 heterocycles. The Labute approximate surface area is 106 Å². The van der Waals surface area contributed by atoms with Crippen LogP contribution in [0.3, 0.4) is 0 Å². The van der Waals surface area contributed by atoms with Crippen LogP contribution in [-0.4, -0.2) is 24.4 Å². The molecule has 2 nitrogen and oxygen atoms in total. The highest BCUT2D eigenvalue weighted by Crippen LogP contribution is 2.38. The molecule has 0 bridgehead atoms. The van der Waals surface area contributed by atoms with E-state index < -0.39 is 0 Å². The lowest BCUT2D eigenvalue weighted by molar-refractivity contribution is 0.318. The minimum Gasteiger partial charge on any atom is -0.369 e. The van der Waals surface area contributed by atoms with Gasteiger partial charge in [-0.15, -0.1) is 0 Å². The second-order valence-corrected chi connectivity index (χ2v) is 5.65.